The lowest BCUT2D eigenvalue weighted by atomic mass is 9.91. The number of ether oxygens (including phenoxy) is 1. The van der Waals surface area contributed by atoms with Crippen LogP contribution in [0.25, 0.3) is 0 Å². The molecule has 1 aliphatic heterocycles. The molecule has 20 heavy (non-hydrogen) atoms. The lowest BCUT2D eigenvalue weighted by molar-refractivity contribution is -0.126. The van der Waals surface area contributed by atoms with E-state index in [0.29, 0.717) is 5.56 Å². The van der Waals surface area contributed by atoms with Crippen LogP contribution in [0.5, 0.6) is 0 Å². The molecule has 0 amide bonds. The molecular weight excluding hydrogens is 248 g/mol. The Hall–Kier alpha value is -1.37. The van der Waals surface area contributed by atoms with Crippen molar-refractivity contribution in [3.63, 3.8) is 0 Å². The minimum Gasteiger partial charge on any atom is -0.364 e. The molecule has 106 valence electrons. The second-order valence-corrected chi connectivity index (χ2v) is 6.07. The van der Waals surface area contributed by atoms with E-state index in [1.807, 2.05) is 24.3 Å². The van der Waals surface area contributed by atoms with Crippen molar-refractivity contribution in [2.75, 3.05) is 13.1 Å². The topological polar surface area (TPSA) is 45.0 Å². The second kappa shape index (κ2) is 5.95. The molecule has 1 unspecified atom stereocenters. The number of hydrogen-bond acceptors (Lipinski definition) is 3. The van der Waals surface area contributed by atoms with Gasteiger partial charge in [0.15, 0.2) is 0 Å². The van der Waals surface area contributed by atoms with E-state index in [1.54, 1.807) is 0 Å². The maximum absolute atomic E-state index is 8.88. The Balaban J connectivity index is 1.75. The Morgan fingerprint density at radius 2 is 1.80 bits per heavy atom. The maximum Gasteiger partial charge on any atom is 0.0991 e. The molecule has 1 saturated carbocycles. The van der Waals surface area contributed by atoms with Gasteiger partial charge in [-0.2, -0.15) is 5.26 Å². The minimum absolute atomic E-state index is 0.0350. The molecule has 1 aliphatic carbocycles. The second-order valence-electron chi connectivity index (χ2n) is 6.07. The van der Waals surface area contributed by atoms with Gasteiger partial charge in [0, 0.05) is 13.1 Å². The Labute approximate surface area is 120 Å². The molecule has 0 aromatic heterocycles. The fourth-order valence-electron chi connectivity index (χ4n) is 3.44. The Morgan fingerprint density at radius 1 is 1.10 bits per heavy atom. The fourth-order valence-corrected chi connectivity index (χ4v) is 3.44. The van der Waals surface area contributed by atoms with Gasteiger partial charge in [-0.3, -0.25) is 0 Å². The van der Waals surface area contributed by atoms with Gasteiger partial charge < -0.3 is 10.1 Å². The monoisotopic (exact) mass is 270 g/mol. The zero-order valence-electron chi connectivity index (χ0n) is 11.9. The normalized spacial score (nSPS) is 25.9. The molecule has 1 spiro atoms. The van der Waals surface area contributed by atoms with E-state index in [9.17, 15) is 0 Å². The lowest BCUT2D eigenvalue weighted by Gasteiger charge is -2.41. The van der Waals surface area contributed by atoms with Crippen molar-refractivity contribution in [3.8, 4) is 6.07 Å². The van der Waals surface area contributed by atoms with Crippen LogP contribution in [0.15, 0.2) is 24.3 Å². The molecule has 3 rings (SSSR count). The first-order valence-electron chi connectivity index (χ1n) is 7.70. The number of morpholine rings is 1. The van der Waals surface area contributed by atoms with E-state index in [0.717, 1.165) is 13.1 Å². The first-order chi connectivity index (χ1) is 9.81. The number of nitrogens with one attached hydrogen (secondary N) is 1. The highest BCUT2D eigenvalue weighted by atomic mass is 16.5. The van der Waals surface area contributed by atoms with Gasteiger partial charge in [-0.05, 0) is 30.5 Å². The summed E-state index contributed by atoms with van der Waals surface area (Å²) >= 11 is 0. The smallest absolute Gasteiger partial charge is 0.0991 e. The van der Waals surface area contributed by atoms with E-state index >= 15 is 0 Å². The Kier molecular flexibility index (Phi) is 4.05. The molecule has 1 saturated heterocycles. The van der Waals surface area contributed by atoms with Crippen molar-refractivity contribution in [3.05, 3.63) is 35.4 Å². The minimum atomic E-state index is 0.0350. The molecule has 3 nitrogen and oxygen atoms in total. The van der Waals surface area contributed by atoms with E-state index in [1.165, 1.54) is 44.1 Å². The lowest BCUT2D eigenvalue weighted by Crippen LogP contribution is -2.50. The quantitative estimate of drug-likeness (QED) is 0.851. The van der Waals surface area contributed by atoms with Crippen molar-refractivity contribution >= 4 is 0 Å². The van der Waals surface area contributed by atoms with E-state index in [2.05, 4.69) is 11.4 Å². The van der Waals surface area contributed by atoms with Crippen LogP contribution in [0.3, 0.4) is 0 Å². The van der Waals surface area contributed by atoms with Gasteiger partial charge in [-0.25, -0.2) is 0 Å². The van der Waals surface area contributed by atoms with Crippen molar-refractivity contribution in [1.29, 1.82) is 5.26 Å². The summed E-state index contributed by atoms with van der Waals surface area (Å²) in [6, 6.07) is 9.99. The molecule has 1 aromatic rings. The summed E-state index contributed by atoms with van der Waals surface area (Å²) in [6.07, 6.45) is 7.71. The summed E-state index contributed by atoms with van der Waals surface area (Å²) < 4.78 is 6.51. The highest BCUT2D eigenvalue weighted by Crippen LogP contribution is 2.36. The van der Waals surface area contributed by atoms with Crippen LogP contribution in [0.2, 0.25) is 0 Å². The molecule has 0 bridgehead atoms. The third kappa shape index (κ3) is 2.87. The third-order valence-electron chi connectivity index (χ3n) is 4.60. The van der Waals surface area contributed by atoms with Crippen molar-refractivity contribution in [2.45, 2.75) is 50.2 Å². The Morgan fingerprint density at radius 3 is 2.45 bits per heavy atom. The van der Waals surface area contributed by atoms with Crippen LogP contribution in [0.4, 0.5) is 0 Å². The van der Waals surface area contributed by atoms with Gasteiger partial charge in [-0.15, -0.1) is 0 Å². The van der Waals surface area contributed by atoms with Gasteiger partial charge in [0.25, 0.3) is 0 Å². The molecule has 2 aliphatic rings. The SMILES string of the molecule is N#Cc1ccc(C2CNCC3(CCCCCC3)O2)cc1. The summed E-state index contributed by atoms with van der Waals surface area (Å²) in [5.41, 5.74) is 1.93. The van der Waals surface area contributed by atoms with Crippen molar-refractivity contribution < 1.29 is 4.74 Å². The van der Waals surface area contributed by atoms with Crippen molar-refractivity contribution in [1.82, 2.24) is 5.32 Å². The molecule has 1 atom stereocenters. The number of rotatable bonds is 1. The van der Waals surface area contributed by atoms with Gasteiger partial charge in [0.1, 0.15) is 0 Å². The first kappa shape index (κ1) is 13.6. The van der Waals surface area contributed by atoms with Gasteiger partial charge >= 0.3 is 0 Å². The highest BCUT2D eigenvalue weighted by Gasteiger charge is 2.37. The van der Waals surface area contributed by atoms with Crippen molar-refractivity contribution in [2.24, 2.45) is 0 Å². The third-order valence-corrected chi connectivity index (χ3v) is 4.60. The van der Waals surface area contributed by atoms with Crippen LogP contribution < -0.4 is 5.32 Å². The molecule has 1 N–H and O–H groups in total. The standard InChI is InChI=1S/C17H22N2O/c18-11-14-5-7-15(8-6-14)16-12-19-13-17(20-16)9-3-1-2-4-10-17/h5-8,16,19H,1-4,9-10,12-13H2. The van der Waals surface area contributed by atoms with Gasteiger partial charge in [-0.1, -0.05) is 37.8 Å². The summed E-state index contributed by atoms with van der Waals surface area (Å²) in [7, 11) is 0. The average molecular weight is 270 g/mol. The first-order valence-corrected chi connectivity index (χ1v) is 7.70. The molecule has 1 aromatic carbocycles. The fraction of sp³-hybridized carbons (Fsp3) is 0.588. The summed E-state index contributed by atoms with van der Waals surface area (Å²) in [4.78, 5) is 0. The largest absolute Gasteiger partial charge is 0.364 e. The van der Waals surface area contributed by atoms with E-state index in [4.69, 9.17) is 10.00 Å². The zero-order chi connectivity index (χ0) is 13.8. The summed E-state index contributed by atoms with van der Waals surface area (Å²) in [5.74, 6) is 0. The molecule has 3 heteroatoms. The number of nitriles is 1. The van der Waals surface area contributed by atoms with Crippen LogP contribution >= 0.6 is 0 Å². The summed E-state index contributed by atoms with van der Waals surface area (Å²) in [5, 5.41) is 12.4. The van der Waals surface area contributed by atoms with Crippen LogP contribution in [0, 0.1) is 11.3 Å². The molecule has 1 heterocycles. The molecule has 0 radical (unpaired) electrons. The predicted octanol–water partition coefficient (Wildman–Crippen LogP) is 3.31. The zero-order valence-corrected chi connectivity index (χ0v) is 11.9. The molecule has 2 fully saturated rings. The van der Waals surface area contributed by atoms with Crippen LogP contribution in [0.1, 0.15) is 55.8 Å². The Bertz CT molecular complexity index is 481. The number of nitrogens with zero attached hydrogens (tertiary/aromatic N) is 1. The summed E-state index contributed by atoms with van der Waals surface area (Å²) in [6.45, 7) is 1.85. The molecular formula is C17H22N2O. The predicted molar refractivity (Wildman–Crippen MR) is 78.3 cm³/mol. The van der Waals surface area contributed by atoms with Gasteiger partial charge in [0.2, 0.25) is 0 Å². The number of hydrogen-bond donors (Lipinski definition) is 1. The number of benzene rings is 1. The highest BCUT2D eigenvalue weighted by molar-refractivity contribution is 5.32. The van der Waals surface area contributed by atoms with E-state index < -0.39 is 0 Å². The van der Waals surface area contributed by atoms with Gasteiger partial charge in [0.05, 0.1) is 23.3 Å². The van der Waals surface area contributed by atoms with E-state index in [-0.39, 0.29) is 11.7 Å². The van der Waals surface area contributed by atoms with Crippen LogP contribution in [-0.2, 0) is 4.74 Å². The average Bonchev–Trinajstić information content (AvgIpc) is 2.73. The maximum atomic E-state index is 8.88. The van der Waals surface area contributed by atoms with Crippen LogP contribution in [-0.4, -0.2) is 18.7 Å².